The fourth-order valence-electron chi connectivity index (χ4n) is 2.75. The number of halogens is 1. The quantitative estimate of drug-likeness (QED) is 0.814. The molecule has 0 bridgehead atoms. The summed E-state index contributed by atoms with van der Waals surface area (Å²) in [5.74, 6) is 1.45. The molecule has 0 amide bonds. The average molecular weight is 378 g/mol. The van der Waals surface area contributed by atoms with Crippen LogP contribution in [-0.2, 0) is 6.54 Å². The van der Waals surface area contributed by atoms with Gasteiger partial charge in [0.05, 0.1) is 17.3 Å². The van der Waals surface area contributed by atoms with Crippen LogP contribution < -0.4 is 9.64 Å². The number of ether oxygens (including phenoxy) is 1. The van der Waals surface area contributed by atoms with Crippen LogP contribution in [0.3, 0.4) is 0 Å². The van der Waals surface area contributed by atoms with E-state index in [-0.39, 0.29) is 0 Å². The minimum atomic E-state index is 0.406. The molecular weight excluding hydrogens is 358 g/mol. The van der Waals surface area contributed by atoms with Gasteiger partial charge in [0.25, 0.3) is 0 Å². The maximum Gasteiger partial charge on any atom is 0.225 e. The fraction of sp³-hybridized carbons (Fsp3) is 0.438. The molecule has 0 spiro atoms. The summed E-state index contributed by atoms with van der Waals surface area (Å²) in [6.45, 7) is 5.83. The zero-order chi connectivity index (χ0) is 16.2. The predicted octanol–water partition coefficient (Wildman–Crippen LogP) is 2.35. The summed E-state index contributed by atoms with van der Waals surface area (Å²) in [5.41, 5.74) is 1.03. The Morgan fingerprint density at radius 1 is 1.26 bits per heavy atom. The minimum absolute atomic E-state index is 0.406. The number of rotatable bonds is 4. The standard InChI is InChI=1S/C16H20BrN5O/c1-12-10-22(16-18-8-13(17)9-19-16)7-6-21(12)11-14-4-3-5-15(20-14)23-2/h3-5,8-9,12H,6-7,10-11H2,1-2H3. The molecule has 3 rings (SSSR count). The van der Waals surface area contributed by atoms with Gasteiger partial charge in [-0.2, -0.15) is 0 Å². The highest BCUT2D eigenvalue weighted by Crippen LogP contribution is 2.18. The van der Waals surface area contributed by atoms with Gasteiger partial charge >= 0.3 is 0 Å². The molecule has 2 aromatic rings. The van der Waals surface area contributed by atoms with Gasteiger partial charge in [0.1, 0.15) is 0 Å². The van der Waals surface area contributed by atoms with E-state index in [0.29, 0.717) is 11.9 Å². The monoisotopic (exact) mass is 377 g/mol. The molecule has 1 aliphatic rings. The molecule has 1 atom stereocenters. The van der Waals surface area contributed by atoms with E-state index in [9.17, 15) is 0 Å². The van der Waals surface area contributed by atoms with Crippen molar-refractivity contribution in [3.05, 3.63) is 40.8 Å². The van der Waals surface area contributed by atoms with Gasteiger partial charge in [-0.1, -0.05) is 6.07 Å². The third-order valence-corrected chi connectivity index (χ3v) is 4.42. The first-order chi connectivity index (χ1) is 11.2. The number of anilines is 1. The molecule has 1 unspecified atom stereocenters. The molecule has 0 radical (unpaired) electrons. The lowest BCUT2D eigenvalue weighted by atomic mass is 10.2. The number of hydrogen-bond acceptors (Lipinski definition) is 6. The lowest BCUT2D eigenvalue weighted by Crippen LogP contribution is -2.52. The van der Waals surface area contributed by atoms with E-state index in [2.05, 4.69) is 47.6 Å². The maximum atomic E-state index is 5.20. The van der Waals surface area contributed by atoms with Crippen molar-refractivity contribution in [3.8, 4) is 5.88 Å². The second-order valence-corrected chi connectivity index (χ2v) is 6.55. The summed E-state index contributed by atoms with van der Waals surface area (Å²) in [7, 11) is 1.64. The van der Waals surface area contributed by atoms with Crippen LogP contribution in [0.5, 0.6) is 5.88 Å². The molecular formula is C16H20BrN5O. The highest BCUT2D eigenvalue weighted by molar-refractivity contribution is 9.10. The number of aromatic nitrogens is 3. The smallest absolute Gasteiger partial charge is 0.225 e. The zero-order valence-corrected chi connectivity index (χ0v) is 14.9. The van der Waals surface area contributed by atoms with Crippen molar-refractivity contribution in [2.24, 2.45) is 0 Å². The van der Waals surface area contributed by atoms with Gasteiger partial charge in [0, 0.05) is 50.7 Å². The SMILES string of the molecule is COc1cccc(CN2CCN(c3ncc(Br)cn3)CC2C)n1. The Morgan fingerprint density at radius 3 is 2.74 bits per heavy atom. The summed E-state index contributed by atoms with van der Waals surface area (Å²) in [4.78, 5) is 17.9. The first-order valence-electron chi connectivity index (χ1n) is 7.62. The highest BCUT2D eigenvalue weighted by atomic mass is 79.9. The van der Waals surface area contributed by atoms with Gasteiger partial charge in [-0.05, 0) is 28.9 Å². The van der Waals surface area contributed by atoms with Crippen molar-refractivity contribution < 1.29 is 4.74 Å². The Hall–Kier alpha value is -1.73. The van der Waals surface area contributed by atoms with Crippen LogP contribution in [-0.4, -0.2) is 52.6 Å². The fourth-order valence-corrected chi connectivity index (χ4v) is 2.95. The van der Waals surface area contributed by atoms with Crippen molar-refractivity contribution in [2.75, 3.05) is 31.6 Å². The molecule has 122 valence electrons. The molecule has 6 nitrogen and oxygen atoms in total. The van der Waals surface area contributed by atoms with Gasteiger partial charge < -0.3 is 9.64 Å². The van der Waals surface area contributed by atoms with E-state index < -0.39 is 0 Å². The van der Waals surface area contributed by atoms with Gasteiger partial charge in [-0.25, -0.2) is 15.0 Å². The summed E-state index contributed by atoms with van der Waals surface area (Å²) in [5, 5.41) is 0. The normalized spacial score (nSPS) is 18.9. The van der Waals surface area contributed by atoms with E-state index in [0.717, 1.165) is 42.3 Å². The number of methoxy groups -OCH3 is 1. The molecule has 1 saturated heterocycles. The van der Waals surface area contributed by atoms with Crippen LogP contribution in [0.4, 0.5) is 5.95 Å². The predicted molar refractivity (Wildman–Crippen MR) is 92.6 cm³/mol. The Balaban J connectivity index is 1.63. The van der Waals surface area contributed by atoms with E-state index in [1.54, 1.807) is 19.5 Å². The Kier molecular flexibility index (Phi) is 5.07. The maximum absolute atomic E-state index is 5.20. The third-order valence-electron chi connectivity index (χ3n) is 4.01. The van der Waals surface area contributed by atoms with Gasteiger partial charge in [-0.15, -0.1) is 0 Å². The van der Waals surface area contributed by atoms with Crippen LogP contribution >= 0.6 is 15.9 Å². The first-order valence-corrected chi connectivity index (χ1v) is 8.41. The average Bonchev–Trinajstić information content (AvgIpc) is 2.57. The molecule has 0 N–H and O–H groups in total. The first kappa shape index (κ1) is 16.1. The molecule has 0 saturated carbocycles. The highest BCUT2D eigenvalue weighted by Gasteiger charge is 2.25. The van der Waals surface area contributed by atoms with E-state index in [1.807, 2.05) is 18.2 Å². The number of piperazine rings is 1. The van der Waals surface area contributed by atoms with Gasteiger partial charge in [-0.3, -0.25) is 4.90 Å². The Bertz CT molecular complexity index is 651. The second kappa shape index (κ2) is 7.23. The van der Waals surface area contributed by atoms with Crippen LogP contribution in [0.1, 0.15) is 12.6 Å². The van der Waals surface area contributed by atoms with E-state index >= 15 is 0 Å². The van der Waals surface area contributed by atoms with Crippen molar-refractivity contribution in [2.45, 2.75) is 19.5 Å². The summed E-state index contributed by atoms with van der Waals surface area (Å²) >= 11 is 3.37. The van der Waals surface area contributed by atoms with Crippen LogP contribution in [0.25, 0.3) is 0 Å². The van der Waals surface area contributed by atoms with E-state index in [4.69, 9.17) is 4.74 Å². The largest absolute Gasteiger partial charge is 0.481 e. The summed E-state index contributed by atoms with van der Waals surface area (Å²) < 4.78 is 6.10. The van der Waals surface area contributed by atoms with Crippen LogP contribution in [0.2, 0.25) is 0 Å². The van der Waals surface area contributed by atoms with Crippen molar-refractivity contribution in [1.82, 2.24) is 19.9 Å². The minimum Gasteiger partial charge on any atom is -0.481 e. The van der Waals surface area contributed by atoms with Crippen molar-refractivity contribution >= 4 is 21.9 Å². The lowest BCUT2D eigenvalue weighted by molar-refractivity contribution is 0.177. The topological polar surface area (TPSA) is 54.4 Å². The molecule has 7 heteroatoms. The van der Waals surface area contributed by atoms with Gasteiger partial charge in [0.2, 0.25) is 11.8 Å². The Morgan fingerprint density at radius 2 is 2.04 bits per heavy atom. The van der Waals surface area contributed by atoms with Crippen molar-refractivity contribution in [3.63, 3.8) is 0 Å². The van der Waals surface area contributed by atoms with Crippen LogP contribution in [0, 0.1) is 0 Å². The molecule has 2 aromatic heterocycles. The lowest BCUT2D eigenvalue weighted by Gasteiger charge is -2.39. The summed E-state index contributed by atoms with van der Waals surface area (Å²) in [6, 6.07) is 6.30. The van der Waals surface area contributed by atoms with Crippen LogP contribution in [0.15, 0.2) is 35.1 Å². The molecule has 3 heterocycles. The molecule has 0 aromatic carbocycles. The second-order valence-electron chi connectivity index (χ2n) is 5.64. The Labute approximate surface area is 144 Å². The molecule has 23 heavy (non-hydrogen) atoms. The van der Waals surface area contributed by atoms with Crippen molar-refractivity contribution in [1.29, 1.82) is 0 Å². The third kappa shape index (κ3) is 3.97. The number of pyridine rings is 1. The zero-order valence-electron chi connectivity index (χ0n) is 13.3. The molecule has 1 fully saturated rings. The number of hydrogen-bond donors (Lipinski definition) is 0. The number of nitrogens with zero attached hydrogens (tertiary/aromatic N) is 5. The van der Waals surface area contributed by atoms with Gasteiger partial charge in [0.15, 0.2) is 0 Å². The molecule has 1 aliphatic heterocycles. The van der Waals surface area contributed by atoms with E-state index in [1.165, 1.54) is 0 Å². The summed E-state index contributed by atoms with van der Waals surface area (Å²) in [6.07, 6.45) is 3.58. The molecule has 0 aliphatic carbocycles.